The molecule has 0 spiro atoms. The average molecular weight is 300 g/mol. The molecule has 0 radical (unpaired) electrons. The van der Waals surface area contributed by atoms with Crippen LogP contribution in [-0.2, 0) is 0 Å². The van der Waals surface area contributed by atoms with Crippen molar-refractivity contribution in [1.82, 2.24) is 4.90 Å². The molecule has 1 unspecified atom stereocenters. The molecule has 1 aromatic carbocycles. The number of β-amino-alcohol motifs (C(OH)–C–C–N with tert-alkyl or cyclic N) is 1. The van der Waals surface area contributed by atoms with E-state index in [1.54, 1.807) is 0 Å². The summed E-state index contributed by atoms with van der Waals surface area (Å²) in [6.07, 6.45) is 2.10. The summed E-state index contributed by atoms with van der Waals surface area (Å²) >= 11 is 0. The Morgan fingerprint density at radius 1 is 1.20 bits per heavy atom. The molecule has 1 saturated heterocycles. The lowest BCUT2D eigenvalue weighted by Crippen LogP contribution is -2.33. The van der Waals surface area contributed by atoms with Crippen LogP contribution in [-0.4, -0.2) is 42.4 Å². The number of aryl methyl sites for hydroxylation is 2. The first-order valence-electron chi connectivity index (χ1n) is 7.17. The zero-order valence-electron chi connectivity index (χ0n) is 12.7. The van der Waals surface area contributed by atoms with Crippen molar-refractivity contribution in [2.24, 2.45) is 0 Å². The van der Waals surface area contributed by atoms with Gasteiger partial charge in [-0.25, -0.2) is 0 Å². The standard InChI is InChI=1S/C16H25NO2.ClH/c1-12-8-13(2)14(3)16(9-12)19-11-15(18)10-17-6-4-5-7-17;/h8-9,15,18H,4-7,10-11H2,1-3H3;1H. The Morgan fingerprint density at radius 2 is 1.85 bits per heavy atom. The first kappa shape index (κ1) is 17.3. The molecule has 3 nitrogen and oxygen atoms in total. The highest BCUT2D eigenvalue weighted by atomic mass is 35.5. The van der Waals surface area contributed by atoms with E-state index in [1.807, 2.05) is 6.07 Å². The van der Waals surface area contributed by atoms with E-state index in [0.717, 1.165) is 25.4 Å². The molecule has 114 valence electrons. The molecule has 1 aliphatic rings. The topological polar surface area (TPSA) is 32.7 Å². The van der Waals surface area contributed by atoms with E-state index in [0.29, 0.717) is 6.61 Å². The second-order valence-electron chi connectivity index (χ2n) is 5.68. The molecule has 1 aromatic rings. The number of nitrogens with zero attached hydrogens (tertiary/aromatic N) is 1. The molecule has 0 saturated carbocycles. The minimum absolute atomic E-state index is 0. The fourth-order valence-electron chi connectivity index (χ4n) is 2.65. The predicted octanol–water partition coefficient (Wildman–Crippen LogP) is 2.87. The average Bonchev–Trinajstić information content (AvgIpc) is 2.84. The third kappa shape index (κ3) is 4.65. The number of halogens is 1. The van der Waals surface area contributed by atoms with Crippen LogP contribution in [0.4, 0.5) is 0 Å². The molecule has 1 fully saturated rings. The van der Waals surface area contributed by atoms with E-state index in [9.17, 15) is 5.11 Å². The molecule has 4 heteroatoms. The second kappa shape index (κ2) is 7.87. The lowest BCUT2D eigenvalue weighted by Gasteiger charge is -2.20. The van der Waals surface area contributed by atoms with Gasteiger partial charge in [0.15, 0.2) is 0 Å². The number of benzene rings is 1. The molecular weight excluding hydrogens is 274 g/mol. The summed E-state index contributed by atoms with van der Waals surface area (Å²) in [4.78, 5) is 2.31. The van der Waals surface area contributed by atoms with Gasteiger partial charge >= 0.3 is 0 Å². The van der Waals surface area contributed by atoms with Gasteiger partial charge in [0.05, 0.1) is 0 Å². The van der Waals surface area contributed by atoms with E-state index in [4.69, 9.17) is 4.74 Å². The van der Waals surface area contributed by atoms with E-state index >= 15 is 0 Å². The van der Waals surface area contributed by atoms with Crippen LogP contribution in [0.2, 0.25) is 0 Å². The van der Waals surface area contributed by atoms with Gasteiger partial charge in [-0.05, 0) is 69.5 Å². The van der Waals surface area contributed by atoms with Crippen LogP contribution in [0.3, 0.4) is 0 Å². The van der Waals surface area contributed by atoms with Crippen LogP contribution in [0.15, 0.2) is 12.1 Å². The summed E-state index contributed by atoms with van der Waals surface area (Å²) in [5.74, 6) is 0.901. The quantitative estimate of drug-likeness (QED) is 0.907. The molecule has 20 heavy (non-hydrogen) atoms. The first-order valence-corrected chi connectivity index (χ1v) is 7.17. The van der Waals surface area contributed by atoms with Crippen molar-refractivity contribution in [2.75, 3.05) is 26.2 Å². The number of hydrogen-bond acceptors (Lipinski definition) is 3. The summed E-state index contributed by atoms with van der Waals surface area (Å²) < 4.78 is 5.79. The zero-order chi connectivity index (χ0) is 13.8. The van der Waals surface area contributed by atoms with Gasteiger partial charge in [-0.15, -0.1) is 12.4 Å². The van der Waals surface area contributed by atoms with Crippen LogP contribution in [0, 0.1) is 20.8 Å². The molecular formula is C16H26ClNO2. The van der Waals surface area contributed by atoms with Gasteiger partial charge in [0, 0.05) is 6.54 Å². The number of ether oxygens (including phenoxy) is 1. The Hall–Kier alpha value is -0.770. The highest BCUT2D eigenvalue weighted by Gasteiger charge is 2.16. The summed E-state index contributed by atoms with van der Waals surface area (Å²) in [7, 11) is 0. The van der Waals surface area contributed by atoms with Gasteiger partial charge in [0.25, 0.3) is 0 Å². The SMILES string of the molecule is Cc1cc(C)c(C)c(OCC(O)CN2CCCC2)c1.Cl. The van der Waals surface area contributed by atoms with E-state index < -0.39 is 6.10 Å². The number of hydrogen-bond donors (Lipinski definition) is 1. The maximum absolute atomic E-state index is 10.0. The molecule has 2 rings (SSSR count). The Morgan fingerprint density at radius 3 is 2.50 bits per heavy atom. The lowest BCUT2D eigenvalue weighted by molar-refractivity contribution is 0.0755. The zero-order valence-corrected chi connectivity index (χ0v) is 13.5. The minimum atomic E-state index is -0.404. The van der Waals surface area contributed by atoms with E-state index in [1.165, 1.54) is 29.5 Å². The highest BCUT2D eigenvalue weighted by Crippen LogP contribution is 2.23. The Bertz CT molecular complexity index is 431. The van der Waals surface area contributed by atoms with Crippen LogP contribution in [0.25, 0.3) is 0 Å². The van der Waals surface area contributed by atoms with Gasteiger partial charge in [-0.1, -0.05) is 6.07 Å². The normalized spacial score (nSPS) is 16.8. The molecule has 0 aliphatic carbocycles. The van der Waals surface area contributed by atoms with Crippen molar-refractivity contribution in [3.05, 3.63) is 28.8 Å². The lowest BCUT2D eigenvalue weighted by atomic mass is 10.1. The third-order valence-corrected chi connectivity index (χ3v) is 3.86. The molecule has 1 atom stereocenters. The van der Waals surface area contributed by atoms with E-state index in [2.05, 4.69) is 31.7 Å². The van der Waals surface area contributed by atoms with Gasteiger partial charge in [0.2, 0.25) is 0 Å². The third-order valence-electron chi connectivity index (χ3n) is 3.86. The van der Waals surface area contributed by atoms with Crippen LogP contribution in [0.1, 0.15) is 29.5 Å². The smallest absolute Gasteiger partial charge is 0.122 e. The number of rotatable bonds is 5. The maximum Gasteiger partial charge on any atom is 0.122 e. The summed E-state index contributed by atoms with van der Waals surface area (Å²) in [5, 5.41) is 10.0. The molecule has 1 N–H and O–H groups in total. The molecule has 1 heterocycles. The van der Waals surface area contributed by atoms with Crippen molar-refractivity contribution in [1.29, 1.82) is 0 Å². The van der Waals surface area contributed by atoms with Gasteiger partial charge in [-0.2, -0.15) is 0 Å². The fraction of sp³-hybridized carbons (Fsp3) is 0.625. The van der Waals surface area contributed by atoms with Crippen molar-refractivity contribution < 1.29 is 9.84 Å². The second-order valence-corrected chi connectivity index (χ2v) is 5.68. The highest BCUT2D eigenvalue weighted by molar-refractivity contribution is 5.85. The molecule has 1 aliphatic heterocycles. The summed E-state index contributed by atoms with van der Waals surface area (Å²) in [5.41, 5.74) is 3.61. The number of likely N-dealkylation sites (tertiary alicyclic amines) is 1. The van der Waals surface area contributed by atoms with Gasteiger partial charge < -0.3 is 14.7 Å². The van der Waals surface area contributed by atoms with Crippen LogP contribution in [0.5, 0.6) is 5.75 Å². The number of aliphatic hydroxyl groups is 1. The first-order chi connectivity index (χ1) is 9.06. The van der Waals surface area contributed by atoms with Crippen LogP contribution < -0.4 is 4.74 Å². The van der Waals surface area contributed by atoms with Crippen molar-refractivity contribution in [2.45, 2.75) is 39.7 Å². The van der Waals surface area contributed by atoms with E-state index in [-0.39, 0.29) is 12.4 Å². The van der Waals surface area contributed by atoms with Crippen LogP contribution >= 0.6 is 12.4 Å². The Balaban J connectivity index is 0.00000200. The molecule has 0 aromatic heterocycles. The Kier molecular flexibility index (Phi) is 6.80. The van der Waals surface area contributed by atoms with Crippen molar-refractivity contribution >= 4 is 12.4 Å². The van der Waals surface area contributed by atoms with Crippen molar-refractivity contribution in [3.8, 4) is 5.75 Å². The van der Waals surface area contributed by atoms with Gasteiger partial charge in [-0.3, -0.25) is 0 Å². The summed E-state index contributed by atoms with van der Waals surface area (Å²) in [6, 6.07) is 4.20. The Labute approximate surface area is 128 Å². The number of aliphatic hydroxyl groups excluding tert-OH is 1. The molecule has 0 bridgehead atoms. The minimum Gasteiger partial charge on any atom is -0.491 e. The fourth-order valence-corrected chi connectivity index (χ4v) is 2.65. The maximum atomic E-state index is 10.0. The van der Waals surface area contributed by atoms with Gasteiger partial charge in [0.1, 0.15) is 18.5 Å². The molecule has 0 amide bonds. The van der Waals surface area contributed by atoms with Crippen molar-refractivity contribution in [3.63, 3.8) is 0 Å². The summed E-state index contributed by atoms with van der Waals surface area (Å²) in [6.45, 7) is 9.55. The monoisotopic (exact) mass is 299 g/mol. The predicted molar refractivity (Wildman–Crippen MR) is 85.1 cm³/mol. The largest absolute Gasteiger partial charge is 0.491 e.